The highest BCUT2D eigenvalue weighted by Gasteiger charge is 2.35. The van der Waals surface area contributed by atoms with E-state index in [1.807, 2.05) is 0 Å². The third kappa shape index (κ3) is 5.08. The third-order valence-electron chi connectivity index (χ3n) is 8.53. The zero-order valence-corrected chi connectivity index (χ0v) is 23.2. The van der Waals surface area contributed by atoms with Gasteiger partial charge in [-0.05, 0) is 86.0 Å². The number of ether oxygens (including phenoxy) is 2. The van der Waals surface area contributed by atoms with Crippen LogP contribution >= 0.6 is 0 Å². The summed E-state index contributed by atoms with van der Waals surface area (Å²) in [6, 6.07) is 14.1. The van der Waals surface area contributed by atoms with E-state index in [1.54, 1.807) is 12.1 Å². The lowest BCUT2D eigenvalue weighted by atomic mass is 10.0. The first kappa shape index (κ1) is 25.8. The number of fused-ring (bicyclic) bond motifs is 4. The van der Waals surface area contributed by atoms with E-state index >= 15 is 0 Å². The normalized spacial score (nSPS) is 20.8. The van der Waals surface area contributed by atoms with Crippen molar-refractivity contribution in [3.8, 4) is 5.75 Å². The van der Waals surface area contributed by atoms with Crippen molar-refractivity contribution in [2.24, 2.45) is 5.92 Å². The predicted molar refractivity (Wildman–Crippen MR) is 155 cm³/mol. The summed E-state index contributed by atoms with van der Waals surface area (Å²) in [5.41, 5.74) is 6.90. The van der Waals surface area contributed by atoms with E-state index in [2.05, 4.69) is 57.8 Å². The number of anilines is 3. The summed E-state index contributed by atoms with van der Waals surface area (Å²) in [6.07, 6.45) is 3.30. The molecule has 3 aromatic rings. The van der Waals surface area contributed by atoms with Crippen LogP contribution in [0.1, 0.15) is 34.4 Å². The minimum absolute atomic E-state index is 0.0339. The molecule has 4 aliphatic rings. The molecule has 0 bridgehead atoms. The van der Waals surface area contributed by atoms with Crippen LogP contribution in [-0.4, -0.2) is 60.9 Å². The highest BCUT2D eigenvalue weighted by atomic mass is 16.6. The van der Waals surface area contributed by atoms with Crippen LogP contribution in [0.4, 0.5) is 22.2 Å². The molecule has 2 amide bonds. The van der Waals surface area contributed by atoms with Crippen LogP contribution in [0.2, 0.25) is 0 Å². The Morgan fingerprint density at radius 3 is 2.78 bits per heavy atom. The lowest BCUT2D eigenvalue weighted by Crippen LogP contribution is -2.30. The number of pyridine rings is 2. The highest BCUT2D eigenvalue weighted by Crippen LogP contribution is 2.39. The number of aryl methyl sites for hydroxylation is 1. The van der Waals surface area contributed by atoms with Crippen LogP contribution in [0.15, 0.2) is 42.5 Å². The molecule has 2 atom stereocenters. The topological polar surface area (TPSA) is 109 Å². The van der Waals surface area contributed by atoms with E-state index in [9.17, 15) is 9.59 Å². The number of aromatic nitrogens is 2. The molecule has 10 heteroatoms. The van der Waals surface area contributed by atoms with Crippen LogP contribution in [0.25, 0.3) is 0 Å². The fourth-order valence-corrected chi connectivity index (χ4v) is 6.51. The van der Waals surface area contributed by atoms with Gasteiger partial charge in [0, 0.05) is 18.8 Å². The number of carbonyl (C=O) groups excluding carboxylic acids is 2. The fourth-order valence-electron chi connectivity index (χ4n) is 6.51. The van der Waals surface area contributed by atoms with Crippen LogP contribution in [0.5, 0.6) is 5.75 Å². The smallest absolute Gasteiger partial charge is 0.415 e. The second kappa shape index (κ2) is 10.7. The van der Waals surface area contributed by atoms with Crippen molar-refractivity contribution in [1.82, 2.24) is 15.3 Å². The number of carbonyl (C=O) groups is 2. The quantitative estimate of drug-likeness (QED) is 0.408. The molecule has 10 nitrogen and oxygen atoms in total. The summed E-state index contributed by atoms with van der Waals surface area (Å²) in [7, 11) is 0. The van der Waals surface area contributed by atoms with Crippen LogP contribution in [0.3, 0.4) is 0 Å². The Morgan fingerprint density at radius 1 is 1.05 bits per heavy atom. The zero-order chi connectivity index (χ0) is 27.9. The van der Waals surface area contributed by atoms with Gasteiger partial charge in [0.2, 0.25) is 0 Å². The molecule has 0 spiro atoms. The van der Waals surface area contributed by atoms with E-state index < -0.39 is 6.09 Å². The van der Waals surface area contributed by atoms with E-state index in [0.717, 1.165) is 51.9 Å². The van der Waals surface area contributed by atoms with Gasteiger partial charge in [-0.3, -0.25) is 9.69 Å². The standard InChI is InChI=1S/C31H34N6O4/c1-19-24-13-21(14-25(24)23-10-12-36(30(23)33-19)16-20-5-3-2-4-6-20)15-32-11-9-22-17-37(31(39)41-22)27-8-7-26-29(34-27)35-28(38)18-40-26/h2-8,21-22,32H,9-18H2,1H3,(H,34,35,38). The number of cyclic esters (lactones) is 1. The highest BCUT2D eigenvalue weighted by molar-refractivity contribution is 5.95. The molecule has 2 unspecified atom stereocenters. The van der Waals surface area contributed by atoms with Crippen LogP contribution < -0.4 is 25.2 Å². The van der Waals surface area contributed by atoms with Crippen molar-refractivity contribution in [2.75, 3.05) is 47.9 Å². The second-order valence-corrected chi connectivity index (χ2v) is 11.4. The largest absolute Gasteiger partial charge is 0.480 e. The number of rotatable bonds is 8. The maximum Gasteiger partial charge on any atom is 0.415 e. The molecule has 0 saturated carbocycles. The molecule has 1 aromatic carbocycles. The maximum absolute atomic E-state index is 12.6. The Labute approximate surface area is 239 Å². The summed E-state index contributed by atoms with van der Waals surface area (Å²) in [5, 5.41) is 6.30. The van der Waals surface area contributed by atoms with Gasteiger partial charge in [0.25, 0.3) is 5.91 Å². The van der Waals surface area contributed by atoms with E-state index in [1.165, 1.54) is 38.7 Å². The molecule has 7 rings (SSSR count). The van der Waals surface area contributed by atoms with E-state index in [-0.39, 0.29) is 18.6 Å². The van der Waals surface area contributed by atoms with Gasteiger partial charge in [-0.1, -0.05) is 30.3 Å². The first-order valence-electron chi connectivity index (χ1n) is 14.4. The molecule has 1 aliphatic carbocycles. The van der Waals surface area contributed by atoms with Gasteiger partial charge in [0.1, 0.15) is 17.7 Å². The van der Waals surface area contributed by atoms with Crippen molar-refractivity contribution in [2.45, 2.75) is 45.3 Å². The monoisotopic (exact) mass is 554 g/mol. The van der Waals surface area contributed by atoms with Crippen molar-refractivity contribution in [1.29, 1.82) is 0 Å². The molecule has 212 valence electrons. The van der Waals surface area contributed by atoms with Gasteiger partial charge in [-0.15, -0.1) is 0 Å². The Kier molecular flexibility index (Phi) is 6.70. The Bertz CT molecular complexity index is 1500. The van der Waals surface area contributed by atoms with Crippen molar-refractivity contribution < 1.29 is 19.1 Å². The summed E-state index contributed by atoms with van der Waals surface area (Å²) in [5.74, 6) is 2.72. The average molecular weight is 555 g/mol. The zero-order valence-electron chi connectivity index (χ0n) is 23.2. The molecule has 2 aromatic heterocycles. The number of hydrogen-bond acceptors (Lipinski definition) is 8. The number of hydrogen-bond donors (Lipinski definition) is 2. The second-order valence-electron chi connectivity index (χ2n) is 11.4. The number of amides is 2. The maximum atomic E-state index is 12.6. The lowest BCUT2D eigenvalue weighted by Gasteiger charge is -2.20. The molecule has 5 heterocycles. The van der Waals surface area contributed by atoms with Gasteiger partial charge in [-0.2, -0.15) is 0 Å². The van der Waals surface area contributed by atoms with Crippen molar-refractivity contribution in [3.05, 3.63) is 70.4 Å². The molecule has 3 aliphatic heterocycles. The SMILES string of the molecule is Cc1nc2c(c3c1CC(CNCCC1CN(c4ccc5c(n4)NC(=O)CO5)C(=O)O1)C3)CCN2Cc1ccccc1. The molecular weight excluding hydrogens is 520 g/mol. The van der Waals surface area contributed by atoms with Crippen molar-refractivity contribution >= 4 is 29.5 Å². The summed E-state index contributed by atoms with van der Waals surface area (Å²) < 4.78 is 11.0. The Hall–Kier alpha value is -4.18. The molecule has 0 radical (unpaired) electrons. The molecule has 1 saturated heterocycles. The Balaban J connectivity index is 0.914. The summed E-state index contributed by atoms with van der Waals surface area (Å²) in [6.45, 7) is 6.16. The van der Waals surface area contributed by atoms with E-state index in [0.29, 0.717) is 29.8 Å². The number of benzene rings is 1. The lowest BCUT2D eigenvalue weighted by molar-refractivity contribution is -0.118. The first-order chi connectivity index (χ1) is 20.0. The number of nitrogens with one attached hydrogen (secondary N) is 2. The minimum atomic E-state index is -0.421. The van der Waals surface area contributed by atoms with E-state index in [4.69, 9.17) is 14.5 Å². The van der Waals surface area contributed by atoms with Gasteiger partial charge < -0.3 is 25.0 Å². The average Bonchev–Trinajstić information content (AvgIpc) is 3.68. The van der Waals surface area contributed by atoms with Crippen molar-refractivity contribution in [3.63, 3.8) is 0 Å². The molecule has 41 heavy (non-hydrogen) atoms. The minimum Gasteiger partial charge on any atom is -0.480 e. The van der Waals surface area contributed by atoms with Gasteiger partial charge in [0.05, 0.1) is 6.54 Å². The predicted octanol–water partition coefficient (Wildman–Crippen LogP) is 3.40. The van der Waals surface area contributed by atoms with Gasteiger partial charge in [0.15, 0.2) is 18.2 Å². The molecule has 2 N–H and O–H groups in total. The molecule has 1 fully saturated rings. The van der Waals surface area contributed by atoms with Crippen LogP contribution in [-0.2, 0) is 35.3 Å². The first-order valence-corrected chi connectivity index (χ1v) is 14.4. The third-order valence-corrected chi connectivity index (χ3v) is 8.53. The molecular formula is C31H34N6O4. The van der Waals surface area contributed by atoms with Gasteiger partial charge >= 0.3 is 6.09 Å². The number of nitrogens with zero attached hydrogens (tertiary/aromatic N) is 4. The summed E-state index contributed by atoms with van der Waals surface area (Å²) >= 11 is 0. The fraction of sp³-hybridized carbons (Fsp3) is 0.419. The van der Waals surface area contributed by atoms with Gasteiger partial charge in [-0.25, -0.2) is 14.8 Å². The summed E-state index contributed by atoms with van der Waals surface area (Å²) in [4.78, 5) is 37.6. The van der Waals surface area contributed by atoms with Crippen LogP contribution in [0, 0.1) is 12.8 Å². The Morgan fingerprint density at radius 2 is 1.90 bits per heavy atom.